The van der Waals surface area contributed by atoms with Crippen LogP contribution in [0.2, 0.25) is 0 Å². The molecule has 0 aliphatic rings. The molecular formula is C12H10BrNO4S2. The fraction of sp³-hybridized carbons (Fsp3) is 0.0833. The van der Waals surface area contributed by atoms with Crippen molar-refractivity contribution in [2.75, 3.05) is 0 Å². The van der Waals surface area contributed by atoms with Gasteiger partial charge in [-0.3, -0.25) is 4.79 Å². The third-order valence-electron chi connectivity index (χ3n) is 2.45. The second-order valence-corrected chi connectivity index (χ2v) is 7.47. The largest absolute Gasteiger partial charge is 0.480 e. The SMILES string of the molecule is O=C(O)C(NS(=O)(=O)c1cccc(Br)c1)c1cccs1. The Morgan fingerprint density at radius 1 is 1.30 bits per heavy atom. The van der Waals surface area contributed by atoms with E-state index in [1.165, 1.54) is 23.5 Å². The quantitative estimate of drug-likeness (QED) is 0.840. The van der Waals surface area contributed by atoms with Crippen LogP contribution in [0, 0.1) is 0 Å². The normalized spacial score (nSPS) is 13.1. The fourth-order valence-corrected chi connectivity index (χ4v) is 4.15. The molecule has 1 heterocycles. The van der Waals surface area contributed by atoms with Crippen LogP contribution in [0.3, 0.4) is 0 Å². The minimum atomic E-state index is -3.91. The van der Waals surface area contributed by atoms with E-state index >= 15 is 0 Å². The van der Waals surface area contributed by atoms with Crippen LogP contribution < -0.4 is 4.72 Å². The van der Waals surface area contributed by atoms with E-state index in [-0.39, 0.29) is 4.90 Å². The van der Waals surface area contributed by atoms with Gasteiger partial charge in [0.05, 0.1) is 4.90 Å². The highest BCUT2D eigenvalue weighted by Crippen LogP contribution is 2.23. The van der Waals surface area contributed by atoms with E-state index in [2.05, 4.69) is 20.7 Å². The number of hydrogen-bond donors (Lipinski definition) is 2. The Morgan fingerprint density at radius 2 is 2.05 bits per heavy atom. The van der Waals surface area contributed by atoms with Crippen LogP contribution in [0.4, 0.5) is 0 Å². The molecule has 0 saturated carbocycles. The first-order valence-corrected chi connectivity index (χ1v) is 8.60. The number of benzene rings is 1. The van der Waals surface area contributed by atoms with Gasteiger partial charge in [0.1, 0.15) is 0 Å². The minimum absolute atomic E-state index is 0.00896. The zero-order chi connectivity index (χ0) is 14.8. The summed E-state index contributed by atoms with van der Waals surface area (Å²) in [6.45, 7) is 0. The molecule has 5 nitrogen and oxygen atoms in total. The second kappa shape index (κ2) is 6.04. The summed E-state index contributed by atoms with van der Waals surface area (Å²) in [5.41, 5.74) is 0. The Bertz CT molecular complexity index is 713. The van der Waals surface area contributed by atoms with Gasteiger partial charge in [0.2, 0.25) is 10.0 Å². The van der Waals surface area contributed by atoms with Crippen LogP contribution in [0.15, 0.2) is 51.1 Å². The summed E-state index contributed by atoms with van der Waals surface area (Å²) in [6.07, 6.45) is 0. The molecule has 2 rings (SSSR count). The highest BCUT2D eigenvalue weighted by atomic mass is 79.9. The maximum Gasteiger partial charge on any atom is 0.327 e. The molecule has 20 heavy (non-hydrogen) atoms. The van der Waals surface area contributed by atoms with E-state index in [0.717, 1.165) is 0 Å². The van der Waals surface area contributed by atoms with Gasteiger partial charge in [-0.1, -0.05) is 28.1 Å². The molecule has 2 aromatic rings. The smallest absolute Gasteiger partial charge is 0.327 e. The van der Waals surface area contributed by atoms with Gasteiger partial charge in [0.15, 0.2) is 6.04 Å². The lowest BCUT2D eigenvalue weighted by Crippen LogP contribution is -2.33. The van der Waals surface area contributed by atoms with Crippen molar-refractivity contribution in [3.63, 3.8) is 0 Å². The van der Waals surface area contributed by atoms with Crippen LogP contribution in [-0.4, -0.2) is 19.5 Å². The lowest BCUT2D eigenvalue weighted by molar-refractivity contribution is -0.139. The maximum absolute atomic E-state index is 12.2. The average Bonchev–Trinajstić information content (AvgIpc) is 2.89. The van der Waals surface area contributed by atoms with E-state index in [0.29, 0.717) is 9.35 Å². The summed E-state index contributed by atoms with van der Waals surface area (Å²) < 4.78 is 27.2. The van der Waals surface area contributed by atoms with Crippen molar-refractivity contribution in [2.24, 2.45) is 0 Å². The van der Waals surface area contributed by atoms with Gasteiger partial charge < -0.3 is 5.11 Å². The average molecular weight is 376 g/mol. The van der Waals surface area contributed by atoms with Crippen LogP contribution in [0.25, 0.3) is 0 Å². The lowest BCUT2D eigenvalue weighted by atomic mass is 10.3. The van der Waals surface area contributed by atoms with Crippen molar-refractivity contribution >= 4 is 43.3 Å². The van der Waals surface area contributed by atoms with Gasteiger partial charge in [-0.2, -0.15) is 4.72 Å². The summed E-state index contributed by atoms with van der Waals surface area (Å²) in [4.78, 5) is 11.7. The Labute approximate surface area is 128 Å². The van der Waals surface area contributed by atoms with Crippen molar-refractivity contribution < 1.29 is 18.3 Å². The highest BCUT2D eigenvalue weighted by Gasteiger charge is 2.27. The molecule has 1 aromatic heterocycles. The zero-order valence-corrected chi connectivity index (χ0v) is 13.2. The number of rotatable bonds is 5. The van der Waals surface area contributed by atoms with E-state index in [4.69, 9.17) is 0 Å². The third kappa shape index (κ3) is 3.45. The van der Waals surface area contributed by atoms with Crippen molar-refractivity contribution in [2.45, 2.75) is 10.9 Å². The molecule has 1 atom stereocenters. The first kappa shape index (κ1) is 15.2. The predicted octanol–water partition coefficient (Wildman–Crippen LogP) is 2.61. The van der Waals surface area contributed by atoms with Crippen LogP contribution in [0.5, 0.6) is 0 Å². The Balaban J connectivity index is 2.33. The topological polar surface area (TPSA) is 83.5 Å². The number of aliphatic carboxylic acids is 1. The number of carboxylic acids is 1. The van der Waals surface area contributed by atoms with Gasteiger partial charge in [-0.15, -0.1) is 11.3 Å². The Morgan fingerprint density at radius 3 is 2.60 bits per heavy atom. The molecule has 1 aromatic carbocycles. The molecule has 0 radical (unpaired) electrons. The molecule has 0 aliphatic carbocycles. The number of hydrogen-bond acceptors (Lipinski definition) is 4. The standard InChI is InChI=1S/C12H10BrNO4S2/c13-8-3-1-4-9(7-8)20(17,18)14-11(12(15)16)10-5-2-6-19-10/h1-7,11,14H,(H,15,16). The van der Waals surface area contributed by atoms with Gasteiger partial charge in [0, 0.05) is 9.35 Å². The summed E-state index contributed by atoms with van der Waals surface area (Å²) in [6, 6.07) is 8.03. The molecule has 0 bridgehead atoms. The number of halogens is 1. The van der Waals surface area contributed by atoms with Gasteiger partial charge >= 0.3 is 5.97 Å². The summed E-state index contributed by atoms with van der Waals surface area (Å²) in [5, 5.41) is 10.9. The first-order chi connectivity index (χ1) is 9.40. The van der Waals surface area contributed by atoms with Crippen LogP contribution in [-0.2, 0) is 14.8 Å². The van der Waals surface area contributed by atoms with Crippen LogP contribution >= 0.6 is 27.3 Å². The number of carboxylic acid groups (broad SMARTS) is 1. The van der Waals surface area contributed by atoms with E-state index in [9.17, 15) is 18.3 Å². The molecule has 0 aliphatic heterocycles. The number of sulfonamides is 1. The molecule has 8 heteroatoms. The Hall–Kier alpha value is -1.22. The molecule has 1 unspecified atom stereocenters. The molecule has 0 amide bonds. The molecule has 0 saturated heterocycles. The zero-order valence-electron chi connectivity index (χ0n) is 9.99. The van der Waals surface area contributed by atoms with Gasteiger partial charge in [-0.05, 0) is 29.6 Å². The number of thiophene rings is 1. The first-order valence-electron chi connectivity index (χ1n) is 5.44. The molecule has 106 valence electrons. The lowest BCUT2D eigenvalue weighted by Gasteiger charge is -2.13. The summed E-state index contributed by atoms with van der Waals surface area (Å²) in [5.74, 6) is -1.24. The fourth-order valence-electron chi connectivity index (χ4n) is 1.54. The molecule has 0 fully saturated rings. The van der Waals surface area contributed by atoms with E-state index in [1.807, 2.05) is 0 Å². The second-order valence-electron chi connectivity index (χ2n) is 3.87. The van der Waals surface area contributed by atoms with Gasteiger partial charge in [0.25, 0.3) is 0 Å². The number of nitrogens with one attached hydrogen (secondary N) is 1. The molecular weight excluding hydrogens is 366 g/mol. The number of carbonyl (C=O) groups is 1. The Kier molecular flexibility index (Phi) is 4.59. The van der Waals surface area contributed by atoms with Gasteiger partial charge in [-0.25, -0.2) is 8.42 Å². The minimum Gasteiger partial charge on any atom is -0.480 e. The maximum atomic E-state index is 12.2. The monoisotopic (exact) mass is 375 g/mol. The van der Waals surface area contributed by atoms with Crippen molar-refractivity contribution in [3.05, 3.63) is 51.1 Å². The highest BCUT2D eigenvalue weighted by molar-refractivity contribution is 9.10. The third-order valence-corrected chi connectivity index (χ3v) is 5.30. The predicted molar refractivity (Wildman–Crippen MR) is 79.2 cm³/mol. The van der Waals surface area contributed by atoms with E-state index in [1.54, 1.807) is 29.6 Å². The van der Waals surface area contributed by atoms with E-state index < -0.39 is 22.0 Å². The molecule has 2 N–H and O–H groups in total. The van der Waals surface area contributed by atoms with Crippen molar-refractivity contribution in [1.29, 1.82) is 0 Å². The van der Waals surface area contributed by atoms with Crippen molar-refractivity contribution in [1.82, 2.24) is 4.72 Å². The summed E-state index contributed by atoms with van der Waals surface area (Å²) in [7, 11) is -3.91. The molecule has 0 spiro atoms. The van der Waals surface area contributed by atoms with Crippen molar-refractivity contribution in [3.8, 4) is 0 Å². The summed E-state index contributed by atoms with van der Waals surface area (Å²) >= 11 is 4.36. The van der Waals surface area contributed by atoms with Crippen LogP contribution in [0.1, 0.15) is 10.9 Å².